The minimum atomic E-state index is -0.0411. The molecule has 1 amide bonds. The molecule has 2 aliphatic rings. The van der Waals surface area contributed by atoms with Gasteiger partial charge in [-0.3, -0.25) is 4.79 Å². The Morgan fingerprint density at radius 1 is 1.25 bits per heavy atom. The molecule has 3 heterocycles. The van der Waals surface area contributed by atoms with E-state index in [4.69, 9.17) is 13.9 Å². The highest BCUT2D eigenvalue weighted by atomic mass is 16.6. The zero-order valence-electron chi connectivity index (χ0n) is 13.5. The lowest BCUT2D eigenvalue weighted by molar-refractivity contribution is 0.0931. The number of carbonyl (C=O) groups excluding carboxylic acids is 1. The van der Waals surface area contributed by atoms with Crippen LogP contribution in [0, 0.1) is 0 Å². The van der Waals surface area contributed by atoms with Crippen LogP contribution in [0.25, 0.3) is 0 Å². The summed E-state index contributed by atoms with van der Waals surface area (Å²) < 4.78 is 15.8. The van der Waals surface area contributed by atoms with Gasteiger partial charge in [-0.15, -0.1) is 0 Å². The van der Waals surface area contributed by atoms with E-state index in [1.54, 1.807) is 37.4 Å². The number of methoxy groups -OCH3 is 1. The van der Waals surface area contributed by atoms with Crippen LogP contribution in [0.1, 0.15) is 29.6 Å². The van der Waals surface area contributed by atoms with Gasteiger partial charge in [0.1, 0.15) is 12.0 Å². The van der Waals surface area contributed by atoms with Gasteiger partial charge >= 0.3 is 0 Å². The fraction of sp³-hybridized carbons (Fsp3) is 0.389. The van der Waals surface area contributed by atoms with Crippen molar-refractivity contribution in [2.75, 3.05) is 7.11 Å². The van der Waals surface area contributed by atoms with Crippen LogP contribution in [0.4, 0.5) is 0 Å². The number of hydrogen-bond acceptors (Lipinski definition) is 5. The number of hydrogen-bond donors (Lipinski definition) is 2. The molecular formula is C18H20N2O4. The molecule has 2 N–H and O–H groups in total. The second kappa shape index (κ2) is 6.20. The smallest absolute Gasteiger partial charge is 0.293 e. The zero-order chi connectivity index (χ0) is 16.5. The normalized spacial score (nSPS) is 24.8. The van der Waals surface area contributed by atoms with Crippen LogP contribution in [-0.2, 0) is 0 Å². The van der Waals surface area contributed by atoms with Crippen molar-refractivity contribution in [1.29, 1.82) is 0 Å². The first-order valence-electron chi connectivity index (χ1n) is 8.18. The number of ether oxygens (including phenoxy) is 2. The summed E-state index contributed by atoms with van der Waals surface area (Å²) in [6.45, 7) is 0. The van der Waals surface area contributed by atoms with Crippen LogP contribution in [-0.4, -0.2) is 31.1 Å². The summed E-state index contributed by atoms with van der Waals surface area (Å²) in [6, 6.07) is 9.91. The van der Waals surface area contributed by atoms with E-state index in [1.807, 2.05) is 0 Å². The topological polar surface area (TPSA) is 72.7 Å². The van der Waals surface area contributed by atoms with E-state index in [9.17, 15) is 4.79 Å². The van der Waals surface area contributed by atoms with Gasteiger partial charge in [0.25, 0.3) is 11.9 Å². The maximum Gasteiger partial charge on any atom is 0.293 e. The molecule has 126 valence electrons. The molecule has 6 heteroatoms. The van der Waals surface area contributed by atoms with Gasteiger partial charge in [-0.25, -0.2) is 0 Å². The molecule has 0 unspecified atom stereocenters. The average Bonchev–Trinajstić information content (AvgIpc) is 3.32. The van der Waals surface area contributed by atoms with Crippen molar-refractivity contribution in [3.8, 4) is 17.4 Å². The number of amides is 1. The molecule has 1 aromatic heterocycles. The fourth-order valence-electron chi connectivity index (χ4n) is 3.49. The van der Waals surface area contributed by atoms with Gasteiger partial charge in [0.2, 0.25) is 0 Å². The van der Waals surface area contributed by atoms with Gasteiger partial charge in [-0.1, -0.05) is 0 Å². The van der Waals surface area contributed by atoms with E-state index in [0.717, 1.165) is 12.8 Å². The predicted octanol–water partition coefficient (Wildman–Crippen LogP) is 2.70. The van der Waals surface area contributed by atoms with Crippen molar-refractivity contribution >= 4 is 5.91 Å². The summed E-state index contributed by atoms with van der Waals surface area (Å²) in [6.07, 6.45) is 4.87. The van der Waals surface area contributed by atoms with Crippen LogP contribution >= 0.6 is 0 Å². The zero-order valence-corrected chi connectivity index (χ0v) is 13.5. The number of rotatable bonds is 5. The first kappa shape index (κ1) is 15.1. The fourth-order valence-corrected chi connectivity index (χ4v) is 3.49. The molecule has 24 heavy (non-hydrogen) atoms. The third-order valence-corrected chi connectivity index (χ3v) is 4.74. The predicted molar refractivity (Wildman–Crippen MR) is 87.6 cm³/mol. The number of fused-ring (bicyclic) bond motifs is 2. The number of nitrogens with one attached hydrogen (secondary N) is 2. The van der Waals surface area contributed by atoms with E-state index < -0.39 is 0 Å². The monoisotopic (exact) mass is 328 g/mol. The summed E-state index contributed by atoms with van der Waals surface area (Å²) in [4.78, 5) is 12.4. The summed E-state index contributed by atoms with van der Waals surface area (Å²) in [5.74, 6) is 1.50. The van der Waals surface area contributed by atoms with Gasteiger partial charge < -0.3 is 24.5 Å². The SMILES string of the molecule is COc1coc(Oc2ccc(C(=O)N[C@@H]3C[C@H]4CC[C@@H]3N4)cc2)c1. The Labute approximate surface area is 140 Å². The molecular weight excluding hydrogens is 308 g/mol. The van der Waals surface area contributed by atoms with E-state index in [2.05, 4.69) is 10.6 Å². The van der Waals surface area contributed by atoms with Gasteiger partial charge in [0.15, 0.2) is 5.75 Å². The molecule has 2 aliphatic heterocycles. The first-order chi connectivity index (χ1) is 11.7. The number of furan rings is 1. The van der Waals surface area contributed by atoms with Crippen LogP contribution in [0.2, 0.25) is 0 Å². The number of carbonyl (C=O) groups is 1. The van der Waals surface area contributed by atoms with Crippen LogP contribution < -0.4 is 20.1 Å². The Hall–Kier alpha value is -2.47. The van der Waals surface area contributed by atoms with Gasteiger partial charge in [-0.2, -0.15) is 0 Å². The molecule has 6 nitrogen and oxygen atoms in total. The third-order valence-electron chi connectivity index (χ3n) is 4.74. The molecule has 4 rings (SSSR count). The Morgan fingerprint density at radius 3 is 2.71 bits per heavy atom. The van der Waals surface area contributed by atoms with Gasteiger partial charge in [-0.05, 0) is 43.5 Å². The number of benzene rings is 1. The van der Waals surface area contributed by atoms with Gasteiger partial charge in [0, 0.05) is 23.7 Å². The summed E-state index contributed by atoms with van der Waals surface area (Å²) in [7, 11) is 1.56. The lowest BCUT2D eigenvalue weighted by Gasteiger charge is -2.21. The second-order valence-electron chi connectivity index (χ2n) is 6.30. The Morgan fingerprint density at radius 2 is 2.08 bits per heavy atom. The Kier molecular flexibility index (Phi) is 3.90. The minimum absolute atomic E-state index is 0.0411. The van der Waals surface area contributed by atoms with Crippen LogP contribution in [0.5, 0.6) is 17.4 Å². The van der Waals surface area contributed by atoms with E-state index in [-0.39, 0.29) is 11.9 Å². The highest BCUT2D eigenvalue weighted by Crippen LogP contribution is 2.29. The van der Waals surface area contributed by atoms with Crippen LogP contribution in [0.15, 0.2) is 41.0 Å². The van der Waals surface area contributed by atoms with Crippen molar-refractivity contribution in [3.63, 3.8) is 0 Å². The van der Waals surface area contributed by atoms with Gasteiger partial charge in [0.05, 0.1) is 13.2 Å². The maximum atomic E-state index is 12.4. The molecule has 0 aliphatic carbocycles. The molecule has 2 aromatic rings. The molecule has 3 atom stereocenters. The van der Waals surface area contributed by atoms with Crippen molar-refractivity contribution < 1.29 is 18.7 Å². The highest BCUT2D eigenvalue weighted by molar-refractivity contribution is 5.94. The molecule has 2 bridgehead atoms. The summed E-state index contributed by atoms with van der Waals surface area (Å²) in [5.41, 5.74) is 0.627. The first-order valence-corrected chi connectivity index (χ1v) is 8.18. The summed E-state index contributed by atoms with van der Waals surface area (Å²) >= 11 is 0. The quantitative estimate of drug-likeness (QED) is 0.883. The molecule has 1 aromatic carbocycles. The van der Waals surface area contributed by atoms with E-state index >= 15 is 0 Å². The Bertz CT molecular complexity index is 725. The highest BCUT2D eigenvalue weighted by Gasteiger charge is 2.39. The molecule has 0 spiro atoms. The molecule has 2 saturated heterocycles. The maximum absolute atomic E-state index is 12.4. The van der Waals surface area contributed by atoms with Crippen molar-refractivity contribution in [2.45, 2.75) is 37.4 Å². The Balaban J connectivity index is 1.37. The minimum Gasteiger partial charge on any atom is -0.493 e. The standard InChI is InChI=1S/C18H20N2O4/c1-22-14-9-17(23-10-14)24-13-5-2-11(3-6-13)18(21)20-16-8-12-4-7-15(16)19-12/h2-3,5-6,9-10,12,15-16,19H,4,7-8H2,1H3,(H,20,21)/t12-,15+,16-/m1/s1. The summed E-state index contributed by atoms with van der Waals surface area (Å²) in [5, 5.41) is 6.65. The lowest BCUT2D eigenvalue weighted by Crippen LogP contribution is -2.42. The molecule has 2 fully saturated rings. The average molecular weight is 328 g/mol. The largest absolute Gasteiger partial charge is 0.493 e. The van der Waals surface area contributed by atoms with Crippen molar-refractivity contribution in [1.82, 2.24) is 10.6 Å². The van der Waals surface area contributed by atoms with Crippen molar-refractivity contribution in [3.05, 3.63) is 42.2 Å². The lowest BCUT2D eigenvalue weighted by atomic mass is 9.95. The third kappa shape index (κ3) is 2.97. The second-order valence-corrected chi connectivity index (χ2v) is 6.30. The van der Waals surface area contributed by atoms with E-state index in [0.29, 0.717) is 35.1 Å². The van der Waals surface area contributed by atoms with Crippen LogP contribution in [0.3, 0.4) is 0 Å². The molecule has 0 saturated carbocycles. The molecule has 0 radical (unpaired) electrons. The van der Waals surface area contributed by atoms with E-state index in [1.165, 1.54) is 12.7 Å². The van der Waals surface area contributed by atoms with Crippen molar-refractivity contribution in [2.24, 2.45) is 0 Å².